The maximum Gasteiger partial charge on any atom is 0.414 e. The van der Waals surface area contributed by atoms with E-state index >= 15 is 0 Å². The van der Waals surface area contributed by atoms with Crippen molar-refractivity contribution in [1.29, 1.82) is 0 Å². The highest BCUT2D eigenvalue weighted by atomic mass is 19.4. The van der Waals surface area contributed by atoms with Crippen molar-refractivity contribution in [3.8, 4) is 0 Å². The van der Waals surface area contributed by atoms with Crippen molar-refractivity contribution < 1.29 is 27.2 Å². The van der Waals surface area contributed by atoms with E-state index in [0.717, 1.165) is 5.56 Å². The van der Waals surface area contributed by atoms with Gasteiger partial charge in [0, 0.05) is 24.6 Å². The Bertz CT molecular complexity index is 887. The van der Waals surface area contributed by atoms with E-state index in [1.165, 1.54) is 36.5 Å². The number of nitrogens with one attached hydrogen (secondary N) is 2. The van der Waals surface area contributed by atoms with Crippen molar-refractivity contribution in [3.63, 3.8) is 0 Å². The van der Waals surface area contributed by atoms with Gasteiger partial charge in [-0.05, 0) is 49.1 Å². The third-order valence-electron chi connectivity index (χ3n) is 5.14. The Kier molecular flexibility index (Phi) is 6.38. The van der Waals surface area contributed by atoms with Gasteiger partial charge in [-0.2, -0.15) is 13.2 Å². The molecule has 2 N–H and O–H groups in total. The van der Waals surface area contributed by atoms with Gasteiger partial charge < -0.3 is 10.6 Å². The van der Waals surface area contributed by atoms with Gasteiger partial charge in [0.15, 0.2) is 6.04 Å². The Balaban J connectivity index is 1.68. The van der Waals surface area contributed by atoms with Crippen LogP contribution in [0.1, 0.15) is 43.0 Å². The lowest BCUT2D eigenvalue weighted by atomic mass is 9.85. The average Bonchev–Trinajstić information content (AvgIpc) is 3.07. The van der Waals surface area contributed by atoms with Crippen LogP contribution in [0.2, 0.25) is 0 Å². The van der Waals surface area contributed by atoms with Gasteiger partial charge in [0.2, 0.25) is 11.8 Å². The predicted octanol–water partition coefficient (Wildman–Crippen LogP) is 3.61. The van der Waals surface area contributed by atoms with E-state index in [1.807, 2.05) is 5.32 Å². The highest BCUT2D eigenvalue weighted by Gasteiger charge is 2.43. The van der Waals surface area contributed by atoms with Gasteiger partial charge >= 0.3 is 6.18 Å². The van der Waals surface area contributed by atoms with Crippen LogP contribution in [-0.2, 0) is 16.0 Å². The molecule has 160 valence electrons. The highest BCUT2D eigenvalue weighted by molar-refractivity contribution is 5.80. The number of carbonyl (C=O) groups excluding carboxylic acids is 2. The number of aromatic nitrogens is 1. The summed E-state index contributed by atoms with van der Waals surface area (Å²) in [6.45, 7) is 0. The number of hydrogen-bond acceptors (Lipinski definition) is 3. The molecule has 0 saturated carbocycles. The normalized spacial score (nSPS) is 19.9. The smallest absolute Gasteiger partial charge is 0.350 e. The molecule has 1 aliphatic heterocycles. The van der Waals surface area contributed by atoms with Crippen LogP contribution >= 0.6 is 0 Å². The minimum atomic E-state index is -4.70. The van der Waals surface area contributed by atoms with Gasteiger partial charge in [0.25, 0.3) is 0 Å². The first-order valence-electron chi connectivity index (χ1n) is 9.49. The van der Waals surface area contributed by atoms with Crippen LogP contribution in [0.5, 0.6) is 0 Å². The number of carbonyl (C=O) groups is 2. The van der Waals surface area contributed by atoms with E-state index in [9.17, 15) is 27.2 Å². The second-order valence-electron chi connectivity index (χ2n) is 7.43. The molecular weight excluding hydrogens is 402 g/mol. The molecule has 0 spiro atoms. The third-order valence-corrected chi connectivity index (χ3v) is 5.14. The maximum atomic E-state index is 13.4. The average molecular weight is 423 g/mol. The van der Waals surface area contributed by atoms with Gasteiger partial charge in [0.1, 0.15) is 5.82 Å². The van der Waals surface area contributed by atoms with Crippen molar-refractivity contribution in [2.75, 3.05) is 0 Å². The number of hydrogen-bond donors (Lipinski definition) is 2. The molecule has 5 nitrogen and oxygen atoms in total. The molecule has 0 aliphatic carbocycles. The fourth-order valence-electron chi connectivity index (χ4n) is 3.63. The van der Waals surface area contributed by atoms with Crippen molar-refractivity contribution >= 4 is 11.8 Å². The molecule has 1 aliphatic rings. The lowest BCUT2D eigenvalue weighted by Gasteiger charge is -2.30. The first-order chi connectivity index (χ1) is 14.2. The molecule has 2 heterocycles. The highest BCUT2D eigenvalue weighted by Crippen LogP contribution is 2.33. The number of rotatable bonds is 7. The molecular formula is C21H21F4N3O2. The summed E-state index contributed by atoms with van der Waals surface area (Å²) in [6.07, 6.45) is -2.45. The molecule has 2 amide bonds. The quantitative estimate of drug-likeness (QED) is 0.669. The summed E-state index contributed by atoms with van der Waals surface area (Å²) < 4.78 is 53.4. The number of alkyl halides is 3. The molecule has 30 heavy (non-hydrogen) atoms. The zero-order valence-electron chi connectivity index (χ0n) is 16.0. The largest absolute Gasteiger partial charge is 0.414 e. The van der Waals surface area contributed by atoms with E-state index in [0.29, 0.717) is 12.8 Å². The van der Waals surface area contributed by atoms with Gasteiger partial charge in [-0.25, -0.2) is 4.39 Å². The Morgan fingerprint density at radius 2 is 1.93 bits per heavy atom. The zero-order valence-corrected chi connectivity index (χ0v) is 16.0. The Morgan fingerprint density at radius 1 is 1.20 bits per heavy atom. The minimum Gasteiger partial charge on any atom is -0.350 e. The number of halogens is 4. The topological polar surface area (TPSA) is 71.1 Å². The lowest BCUT2D eigenvalue weighted by Crippen LogP contribution is -2.45. The molecule has 0 bridgehead atoms. The Morgan fingerprint density at radius 3 is 2.50 bits per heavy atom. The van der Waals surface area contributed by atoms with E-state index in [2.05, 4.69) is 10.3 Å². The molecule has 1 aromatic heterocycles. The van der Waals surface area contributed by atoms with Crippen molar-refractivity contribution in [1.82, 2.24) is 15.6 Å². The summed E-state index contributed by atoms with van der Waals surface area (Å²) in [7, 11) is 0. The molecule has 2 atom stereocenters. The third kappa shape index (κ3) is 5.55. The zero-order chi connectivity index (χ0) is 21.8. The summed E-state index contributed by atoms with van der Waals surface area (Å²) in [6, 6.07) is 7.66. The Labute approximate surface area is 170 Å². The van der Waals surface area contributed by atoms with Gasteiger partial charge in [0.05, 0.1) is 5.69 Å². The predicted molar refractivity (Wildman–Crippen MR) is 101 cm³/mol. The molecule has 9 heteroatoms. The molecule has 1 saturated heterocycles. The van der Waals surface area contributed by atoms with Crippen molar-refractivity contribution in [2.45, 2.75) is 49.9 Å². The molecule has 2 aromatic rings. The summed E-state index contributed by atoms with van der Waals surface area (Å²) in [5.41, 5.74) is -0.292. The first-order valence-corrected chi connectivity index (χ1v) is 9.49. The maximum absolute atomic E-state index is 13.4. The minimum absolute atomic E-state index is 0.161. The number of nitrogens with zero attached hydrogens (tertiary/aromatic N) is 1. The first kappa shape index (κ1) is 21.7. The van der Waals surface area contributed by atoms with Crippen LogP contribution < -0.4 is 10.6 Å². The SMILES string of the molecule is O=C(CC[C@]1(Cc2ccc(F)cc2)CCC(=O)N1)N[C@@H](c1ccccn1)C(F)(F)F. The fraction of sp³-hybridized carbons (Fsp3) is 0.381. The lowest BCUT2D eigenvalue weighted by molar-refractivity contribution is -0.164. The van der Waals surface area contributed by atoms with Crippen LogP contribution in [-0.4, -0.2) is 28.5 Å². The van der Waals surface area contributed by atoms with Gasteiger partial charge in [-0.1, -0.05) is 18.2 Å². The monoisotopic (exact) mass is 423 g/mol. The van der Waals surface area contributed by atoms with E-state index in [4.69, 9.17) is 0 Å². The molecule has 1 fully saturated rings. The van der Waals surface area contributed by atoms with Crippen LogP contribution in [0.3, 0.4) is 0 Å². The van der Waals surface area contributed by atoms with Crippen LogP contribution in [0.25, 0.3) is 0 Å². The van der Waals surface area contributed by atoms with Crippen molar-refractivity contribution in [2.24, 2.45) is 0 Å². The second-order valence-corrected chi connectivity index (χ2v) is 7.43. The van der Waals surface area contributed by atoms with E-state index in [-0.39, 0.29) is 30.9 Å². The van der Waals surface area contributed by atoms with Crippen LogP contribution in [0.4, 0.5) is 17.6 Å². The summed E-state index contributed by atoms with van der Waals surface area (Å²) in [4.78, 5) is 27.9. The van der Waals surface area contributed by atoms with Crippen LogP contribution in [0.15, 0.2) is 48.7 Å². The molecule has 0 radical (unpaired) electrons. The number of benzene rings is 1. The molecule has 1 aromatic carbocycles. The van der Waals surface area contributed by atoms with E-state index < -0.39 is 29.5 Å². The summed E-state index contributed by atoms with van der Waals surface area (Å²) in [5.74, 6) is -1.36. The number of pyridine rings is 1. The van der Waals surface area contributed by atoms with Gasteiger partial charge in [-0.15, -0.1) is 0 Å². The Hall–Kier alpha value is -2.97. The second kappa shape index (κ2) is 8.81. The fourth-order valence-corrected chi connectivity index (χ4v) is 3.63. The van der Waals surface area contributed by atoms with Gasteiger partial charge in [-0.3, -0.25) is 14.6 Å². The molecule has 3 rings (SSSR count). The standard InChI is InChI=1S/C21H21F4N3O2/c22-15-6-4-14(5-7-15)13-20(11-9-18(30)28-20)10-8-17(29)27-19(21(23,24)25)16-3-1-2-12-26-16/h1-7,12,19H,8-11,13H2,(H,27,29)(H,28,30)/t19-,20+/m0/s1. The molecule has 0 unspecified atom stereocenters. The number of amides is 2. The van der Waals surface area contributed by atoms with Crippen LogP contribution in [0, 0.1) is 5.82 Å². The summed E-state index contributed by atoms with van der Waals surface area (Å²) in [5, 5.41) is 4.86. The van der Waals surface area contributed by atoms with Crippen molar-refractivity contribution in [3.05, 3.63) is 65.7 Å². The summed E-state index contributed by atoms with van der Waals surface area (Å²) >= 11 is 0. The van der Waals surface area contributed by atoms with E-state index in [1.54, 1.807) is 12.1 Å².